The van der Waals surface area contributed by atoms with Gasteiger partial charge in [0.05, 0.1) is 0 Å². The third kappa shape index (κ3) is 5.64. The Balaban J connectivity index is 0.00000112. The number of rotatable bonds is 3. The maximum Gasteiger partial charge on any atom is 2.00 e. The normalized spacial score (nSPS) is 19.4. The van der Waals surface area contributed by atoms with E-state index in [0.717, 1.165) is 18.6 Å². The molecule has 1 fully saturated rings. The summed E-state index contributed by atoms with van der Waals surface area (Å²) in [5.74, 6) is 0. The van der Waals surface area contributed by atoms with E-state index in [1.54, 1.807) is 0 Å². The van der Waals surface area contributed by atoms with Crippen molar-refractivity contribution in [2.24, 2.45) is 0 Å². The van der Waals surface area contributed by atoms with Crippen molar-refractivity contribution in [1.29, 1.82) is 0 Å². The van der Waals surface area contributed by atoms with Gasteiger partial charge in [0.2, 0.25) is 0 Å². The summed E-state index contributed by atoms with van der Waals surface area (Å²) < 4.78 is 11.1. The minimum atomic E-state index is 0. The summed E-state index contributed by atoms with van der Waals surface area (Å²) in [6.45, 7) is 1.47. The van der Waals surface area contributed by atoms with Gasteiger partial charge in [-0.15, -0.1) is 5.56 Å². The van der Waals surface area contributed by atoms with E-state index in [4.69, 9.17) is 9.47 Å². The average molecular weight is 295 g/mol. The van der Waals surface area contributed by atoms with E-state index in [1.165, 1.54) is 12.8 Å². The molecule has 0 aromatic heterocycles. The molecule has 0 N–H and O–H groups in total. The van der Waals surface area contributed by atoms with Gasteiger partial charge >= 0.3 is 23.1 Å². The van der Waals surface area contributed by atoms with Gasteiger partial charge in [-0.25, -0.2) is 0 Å². The zero-order valence-electron chi connectivity index (χ0n) is 9.32. The Labute approximate surface area is 124 Å². The van der Waals surface area contributed by atoms with Gasteiger partial charge in [0.25, 0.3) is 0 Å². The molecule has 2 nitrogen and oxygen atoms in total. The van der Waals surface area contributed by atoms with Crippen molar-refractivity contribution in [2.75, 3.05) is 6.61 Å². The van der Waals surface area contributed by atoms with Crippen molar-refractivity contribution < 1.29 is 26.5 Å². The molecule has 1 aliphatic heterocycles. The largest absolute Gasteiger partial charge is 2.00 e. The zero-order valence-corrected chi connectivity index (χ0v) is 12.3. The van der Waals surface area contributed by atoms with Gasteiger partial charge in [-0.2, -0.15) is 30.3 Å². The van der Waals surface area contributed by atoms with E-state index in [-0.39, 0.29) is 46.3 Å². The van der Waals surface area contributed by atoms with Crippen LogP contribution < -0.4 is 17.0 Å². The van der Waals surface area contributed by atoms with Crippen LogP contribution in [0.1, 0.15) is 24.8 Å². The van der Waals surface area contributed by atoms with Crippen LogP contribution >= 0.6 is 0 Å². The molecule has 1 unspecified atom stereocenters. The number of benzene rings is 1. The summed E-state index contributed by atoms with van der Waals surface area (Å²) in [4.78, 5) is 0. The molecule has 0 aliphatic carbocycles. The van der Waals surface area contributed by atoms with Gasteiger partial charge in [-0.1, -0.05) is 0 Å². The predicted molar refractivity (Wildman–Crippen MR) is 59.4 cm³/mol. The van der Waals surface area contributed by atoms with Crippen molar-refractivity contribution in [2.45, 2.75) is 32.2 Å². The molecular weight excluding hydrogens is 280 g/mol. The van der Waals surface area contributed by atoms with Gasteiger partial charge in [0.1, 0.15) is 0 Å². The fourth-order valence-corrected chi connectivity index (χ4v) is 1.55. The summed E-state index contributed by atoms with van der Waals surface area (Å²) in [6.07, 6.45) is 3.41. The summed E-state index contributed by atoms with van der Waals surface area (Å²) in [7, 11) is 0. The Bertz CT molecular complexity index is 263. The third-order valence-corrected chi connectivity index (χ3v) is 2.35. The average Bonchev–Trinajstić information content (AvgIpc) is 2.29. The van der Waals surface area contributed by atoms with Crippen LogP contribution in [0.25, 0.3) is 0 Å². The Hall–Kier alpha value is 0.386. The van der Waals surface area contributed by atoms with E-state index in [9.17, 15) is 0 Å². The van der Waals surface area contributed by atoms with Gasteiger partial charge < -0.3 is 26.5 Å². The summed E-state index contributed by atoms with van der Waals surface area (Å²) >= 11 is 0. The molecule has 1 aromatic rings. The summed E-state index contributed by atoms with van der Waals surface area (Å²) in [6, 6.07) is 10.9. The minimum absolute atomic E-state index is 0. The van der Waals surface area contributed by atoms with Crippen molar-refractivity contribution in [3.63, 3.8) is 0 Å². The molecule has 4 heteroatoms. The molecule has 1 aromatic carbocycles. The van der Waals surface area contributed by atoms with Crippen LogP contribution in [0.2, 0.25) is 0 Å². The second-order valence-corrected chi connectivity index (χ2v) is 3.52. The van der Waals surface area contributed by atoms with Gasteiger partial charge in [-0.05, 0) is 19.3 Å². The van der Waals surface area contributed by atoms with Crippen molar-refractivity contribution in [3.8, 4) is 0 Å². The molecular formula is C12H15BrMgO2. The predicted octanol–water partition coefficient (Wildman–Crippen LogP) is -0.847. The smallest absolute Gasteiger partial charge is 1.00 e. The van der Waals surface area contributed by atoms with Crippen molar-refractivity contribution in [3.05, 3.63) is 35.9 Å². The van der Waals surface area contributed by atoms with E-state index >= 15 is 0 Å². The van der Waals surface area contributed by atoms with Crippen LogP contribution in [0, 0.1) is 6.07 Å². The quantitative estimate of drug-likeness (QED) is 0.534. The summed E-state index contributed by atoms with van der Waals surface area (Å²) in [5.41, 5.74) is 1.15. The first-order valence-electron chi connectivity index (χ1n) is 5.13. The fraction of sp³-hybridized carbons (Fsp3) is 0.500. The molecule has 0 bridgehead atoms. The number of hydrogen-bond acceptors (Lipinski definition) is 2. The van der Waals surface area contributed by atoms with Crippen molar-refractivity contribution >= 4 is 23.1 Å². The molecule has 0 amide bonds. The first kappa shape index (κ1) is 16.4. The monoisotopic (exact) mass is 294 g/mol. The van der Waals surface area contributed by atoms with E-state index in [2.05, 4.69) is 6.07 Å². The number of hydrogen-bond donors (Lipinski definition) is 0. The van der Waals surface area contributed by atoms with Crippen molar-refractivity contribution in [1.82, 2.24) is 0 Å². The van der Waals surface area contributed by atoms with Crippen LogP contribution in [-0.2, 0) is 16.1 Å². The summed E-state index contributed by atoms with van der Waals surface area (Å²) in [5, 5.41) is 0. The Morgan fingerprint density at radius 1 is 1.44 bits per heavy atom. The number of halogens is 1. The second kappa shape index (κ2) is 9.42. The molecule has 16 heavy (non-hydrogen) atoms. The zero-order chi connectivity index (χ0) is 9.64. The van der Waals surface area contributed by atoms with Gasteiger partial charge in [-0.3, -0.25) is 0 Å². The molecule has 2 rings (SSSR count). The van der Waals surface area contributed by atoms with E-state index < -0.39 is 0 Å². The number of ether oxygens (including phenoxy) is 2. The fourth-order valence-electron chi connectivity index (χ4n) is 1.55. The maximum absolute atomic E-state index is 5.63. The topological polar surface area (TPSA) is 18.5 Å². The Morgan fingerprint density at radius 3 is 2.94 bits per heavy atom. The molecule has 1 heterocycles. The first-order valence-corrected chi connectivity index (χ1v) is 5.13. The van der Waals surface area contributed by atoms with E-state index in [0.29, 0.717) is 6.61 Å². The van der Waals surface area contributed by atoms with E-state index in [1.807, 2.05) is 24.3 Å². The Morgan fingerprint density at radius 2 is 2.31 bits per heavy atom. The molecule has 1 atom stereocenters. The molecule has 1 aliphatic rings. The second-order valence-electron chi connectivity index (χ2n) is 3.52. The SMILES string of the molecule is [Br-].[Mg+2].[c-]1cccc(COC2CCCCO2)c1. The van der Waals surface area contributed by atoms with Crippen LogP contribution in [0.3, 0.4) is 0 Å². The van der Waals surface area contributed by atoms with Crippen LogP contribution in [0.4, 0.5) is 0 Å². The molecule has 0 radical (unpaired) electrons. The molecule has 0 spiro atoms. The standard InChI is InChI=1S/C12H15O2.BrH.Mg/c1-2-6-11(7-3-1)10-14-12-8-4-5-9-13-12;;/h1-2,6-7,12H,4-5,8-10H2;1H;/q-1;;+2/p-1. The van der Waals surface area contributed by atoms with Gasteiger partial charge in [0.15, 0.2) is 6.29 Å². The minimum Gasteiger partial charge on any atom is -1.00 e. The Kier molecular flexibility index (Phi) is 9.65. The van der Waals surface area contributed by atoms with Crippen LogP contribution in [-0.4, -0.2) is 35.9 Å². The third-order valence-electron chi connectivity index (χ3n) is 2.35. The van der Waals surface area contributed by atoms with Crippen LogP contribution in [0.5, 0.6) is 0 Å². The molecule has 1 saturated heterocycles. The van der Waals surface area contributed by atoms with Crippen LogP contribution in [0.15, 0.2) is 24.3 Å². The molecule has 0 saturated carbocycles. The van der Waals surface area contributed by atoms with Gasteiger partial charge in [0, 0.05) is 13.2 Å². The maximum atomic E-state index is 5.63. The molecule has 84 valence electrons. The first-order chi connectivity index (χ1) is 6.95.